The largest absolute Gasteiger partial charge is 0.457 e. The van der Waals surface area contributed by atoms with Gasteiger partial charge in [0, 0.05) is 3.57 Å². The monoisotopic (exact) mass is 358 g/mol. The van der Waals surface area contributed by atoms with Crippen molar-refractivity contribution in [3.8, 4) is 11.5 Å². The van der Waals surface area contributed by atoms with Gasteiger partial charge in [0.1, 0.15) is 11.5 Å². The number of carbonyl (C=O) groups excluding carboxylic acids is 1. The standard InChI is InChI=1S/C13H8ClIO2/c14-12-2-1-3-13(11(12)8-16)17-10-6-4-9(15)5-7-10/h1-8H. The number of benzene rings is 2. The van der Waals surface area contributed by atoms with Crippen molar-refractivity contribution < 1.29 is 9.53 Å². The van der Waals surface area contributed by atoms with E-state index in [9.17, 15) is 4.79 Å². The second-order valence-corrected chi connectivity index (χ2v) is 4.98. The van der Waals surface area contributed by atoms with Crippen LogP contribution in [0.5, 0.6) is 11.5 Å². The predicted molar refractivity (Wildman–Crippen MR) is 76.1 cm³/mol. The van der Waals surface area contributed by atoms with Crippen LogP contribution in [0.25, 0.3) is 0 Å². The maximum Gasteiger partial charge on any atom is 0.155 e. The molecule has 4 heteroatoms. The lowest BCUT2D eigenvalue weighted by molar-refractivity contribution is 0.112. The van der Waals surface area contributed by atoms with Crippen LogP contribution in [0.2, 0.25) is 5.02 Å². The van der Waals surface area contributed by atoms with E-state index in [1.807, 2.05) is 24.3 Å². The predicted octanol–water partition coefficient (Wildman–Crippen LogP) is 4.55. The molecule has 2 aromatic rings. The van der Waals surface area contributed by atoms with Gasteiger partial charge in [-0.2, -0.15) is 0 Å². The average Bonchev–Trinajstić information content (AvgIpc) is 2.32. The number of halogens is 2. The SMILES string of the molecule is O=Cc1c(Cl)cccc1Oc1ccc(I)cc1. The molecule has 0 radical (unpaired) electrons. The molecule has 0 spiro atoms. The van der Waals surface area contributed by atoms with Gasteiger partial charge in [0.25, 0.3) is 0 Å². The Hall–Kier alpha value is -1.07. The Bertz CT molecular complexity index is 538. The van der Waals surface area contributed by atoms with Gasteiger partial charge in [-0.15, -0.1) is 0 Å². The quantitative estimate of drug-likeness (QED) is 0.594. The van der Waals surface area contributed by atoms with Crippen LogP contribution in [0, 0.1) is 3.57 Å². The van der Waals surface area contributed by atoms with Crippen LogP contribution in [0.1, 0.15) is 10.4 Å². The summed E-state index contributed by atoms with van der Waals surface area (Å²) < 4.78 is 6.74. The van der Waals surface area contributed by atoms with Crippen molar-refractivity contribution in [2.75, 3.05) is 0 Å². The summed E-state index contributed by atoms with van der Waals surface area (Å²) in [5, 5.41) is 0.392. The molecule has 0 unspecified atom stereocenters. The summed E-state index contributed by atoms with van der Waals surface area (Å²) in [7, 11) is 0. The molecular formula is C13H8ClIO2. The molecule has 17 heavy (non-hydrogen) atoms. The molecule has 2 nitrogen and oxygen atoms in total. The van der Waals surface area contributed by atoms with Crippen LogP contribution < -0.4 is 4.74 Å². The molecular weight excluding hydrogens is 350 g/mol. The van der Waals surface area contributed by atoms with Gasteiger partial charge >= 0.3 is 0 Å². The number of hydrogen-bond acceptors (Lipinski definition) is 2. The van der Waals surface area contributed by atoms with Gasteiger partial charge in [0.05, 0.1) is 10.6 Å². The number of rotatable bonds is 3. The van der Waals surface area contributed by atoms with Crippen LogP contribution in [0.4, 0.5) is 0 Å². The van der Waals surface area contributed by atoms with Gasteiger partial charge in [-0.25, -0.2) is 0 Å². The third-order valence-corrected chi connectivity index (χ3v) is 3.22. The molecule has 0 aliphatic carbocycles. The maximum atomic E-state index is 10.9. The van der Waals surface area contributed by atoms with E-state index in [4.69, 9.17) is 16.3 Å². The zero-order chi connectivity index (χ0) is 12.3. The highest BCUT2D eigenvalue weighted by Crippen LogP contribution is 2.29. The van der Waals surface area contributed by atoms with E-state index < -0.39 is 0 Å². The molecule has 2 rings (SSSR count). The second-order valence-electron chi connectivity index (χ2n) is 3.33. The summed E-state index contributed by atoms with van der Waals surface area (Å²) >= 11 is 8.12. The molecule has 0 aliphatic rings. The molecule has 0 saturated heterocycles. The lowest BCUT2D eigenvalue weighted by atomic mass is 10.2. The van der Waals surface area contributed by atoms with Crippen molar-refractivity contribution in [2.24, 2.45) is 0 Å². The molecule has 0 atom stereocenters. The molecule has 86 valence electrons. The number of ether oxygens (including phenoxy) is 1. The van der Waals surface area contributed by atoms with Crippen molar-refractivity contribution in [2.45, 2.75) is 0 Å². The normalized spacial score (nSPS) is 10.0. The zero-order valence-electron chi connectivity index (χ0n) is 8.69. The van der Waals surface area contributed by atoms with Crippen molar-refractivity contribution in [3.05, 3.63) is 56.6 Å². The highest BCUT2D eigenvalue weighted by atomic mass is 127. The van der Waals surface area contributed by atoms with Crippen LogP contribution in [-0.4, -0.2) is 6.29 Å². The first-order chi connectivity index (χ1) is 8.20. The highest BCUT2D eigenvalue weighted by molar-refractivity contribution is 14.1. The molecule has 0 fully saturated rings. The summed E-state index contributed by atoms with van der Waals surface area (Å²) in [6.45, 7) is 0. The Morgan fingerprint density at radius 2 is 1.82 bits per heavy atom. The number of carbonyl (C=O) groups is 1. The van der Waals surface area contributed by atoms with Crippen LogP contribution in [0.15, 0.2) is 42.5 Å². The maximum absolute atomic E-state index is 10.9. The third-order valence-electron chi connectivity index (χ3n) is 2.17. The Kier molecular flexibility index (Phi) is 4.02. The topological polar surface area (TPSA) is 26.3 Å². The van der Waals surface area contributed by atoms with E-state index in [0.717, 1.165) is 3.57 Å². The number of hydrogen-bond donors (Lipinski definition) is 0. The lowest BCUT2D eigenvalue weighted by Gasteiger charge is -2.08. The Morgan fingerprint density at radius 3 is 2.47 bits per heavy atom. The van der Waals surface area contributed by atoms with Crippen LogP contribution in [0.3, 0.4) is 0 Å². The van der Waals surface area contributed by atoms with Gasteiger partial charge in [0.2, 0.25) is 0 Å². The van der Waals surface area contributed by atoms with Crippen LogP contribution >= 0.6 is 34.2 Å². The molecule has 0 heterocycles. The first-order valence-corrected chi connectivity index (χ1v) is 6.33. The van der Waals surface area contributed by atoms with Crippen molar-refractivity contribution in [1.82, 2.24) is 0 Å². The molecule has 0 bridgehead atoms. The first kappa shape index (κ1) is 12.4. The fourth-order valence-electron chi connectivity index (χ4n) is 1.35. The minimum absolute atomic E-state index is 0.368. The smallest absolute Gasteiger partial charge is 0.155 e. The van der Waals surface area contributed by atoms with Crippen molar-refractivity contribution in [3.63, 3.8) is 0 Å². The highest BCUT2D eigenvalue weighted by Gasteiger charge is 2.07. The second kappa shape index (κ2) is 5.51. The fraction of sp³-hybridized carbons (Fsp3) is 0. The zero-order valence-corrected chi connectivity index (χ0v) is 11.6. The van der Waals surface area contributed by atoms with E-state index in [0.29, 0.717) is 28.4 Å². The van der Waals surface area contributed by atoms with Gasteiger partial charge in [-0.1, -0.05) is 17.7 Å². The summed E-state index contributed by atoms with van der Waals surface area (Å²) in [6.07, 6.45) is 0.699. The molecule has 0 aliphatic heterocycles. The Balaban J connectivity index is 2.33. The first-order valence-electron chi connectivity index (χ1n) is 4.88. The third kappa shape index (κ3) is 2.98. The van der Waals surface area contributed by atoms with Crippen molar-refractivity contribution >= 4 is 40.5 Å². The van der Waals surface area contributed by atoms with Crippen molar-refractivity contribution in [1.29, 1.82) is 0 Å². The summed E-state index contributed by atoms with van der Waals surface area (Å²) in [5.41, 5.74) is 0.368. The molecule has 0 aromatic heterocycles. The van der Waals surface area contributed by atoms with E-state index in [1.165, 1.54) is 0 Å². The molecule has 0 amide bonds. The Labute approximate surface area is 118 Å². The van der Waals surface area contributed by atoms with Gasteiger partial charge in [-0.3, -0.25) is 4.79 Å². The van der Waals surface area contributed by atoms with Gasteiger partial charge in [-0.05, 0) is 59.0 Å². The molecule has 2 aromatic carbocycles. The minimum atomic E-state index is 0.368. The fourth-order valence-corrected chi connectivity index (χ4v) is 1.92. The number of aldehydes is 1. The summed E-state index contributed by atoms with van der Waals surface area (Å²) in [4.78, 5) is 10.9. The van der Waals surface area contributed by atoms with Gasteiger partial charge in [0.15, 0.2) is 6.29 Å². The lowest BCUT2D eigenvalue weighted by Crippen LogP contribution is -1.91. The van der Waals surface area contributed by atoms with E-state index in [2.05, 4.69) is 22.6 Å². The van der Waals surface area contributed by atoms with E-state index in [-0.39, 0.29) is 0 Å². The molecule has 0 saturated carbocycles. The summed E-state index contributed by atoms with van der Waals surface area (Å²) in [5.74, 6) is 1.14. The minimum Gasteiger partial charge on any atom is -0.457 e. The van der Waals surface area contributed by atoms with Crippen LogP contribution in [-0.2, 0) is 0 Å². The average molecular weight is 359 g/mol. The van der Waals surface area contributed by atoms with Gasteiger partial charge < -0.3 is 4.74 Å². The Morgan fingerprint density at radius 1 is 1.12 bits per heavy atom. The van der Waals surface area contributed by atoms with E-state index >= 15 is 0 Å². The van der Waals surface area contributed by atoms with E-state index in [1.54, 1.807) is 18.2 Å². The molecule has 0 N–H and O–H groups in total. The summed E-state index contributed by atoms with van der Waals surface area (Å²) in [6, 6.07) is 12.7.